The second-order valence-corrected chi connectivity index (χ2v) is 5.28. The van der Waals surface area contributed by atoms with E-state index in [1.165, 1.54) is 0 Å². The van der Waals surface area contributed by atoms with E-state index in [-0.39, 0.29) is 0 Å². The zero-order valence-corrected chi connectivity index (χ0v) is 11.2. The quantitative estimate of drug-likeness (QED) is 0.486. The molecule has 1 N–H and O–H groups in total. The summed E-state index contributed by atoms with van der Waals surface area (Å²) < 4.78 is 0.906. The maximum Gasteiger partial charge on any atom is 0.336 e. The zero-order chi connectivity index (χ0) is 12.0. The van der Waals surface area contributed by atoms with Gasteiger partial charge in [0.15, 0.2) is 0 Å². The van der Waals surface area contributed by atoms with E-state index in [0.717, 1.165) is 28.0 Å². The van der Waals surface area contributed by atoms with Gasteiger partial charge in [-0.3, -0.25) is 0 Å². The molecule has 0 aromatic heterocycles. The van der Waals surface area contributed by atoms with Crippen molar-refractivity contribution in [2.75, 3.05) is 5.75 Å². The highest BCUT2D eigenvalue weighted by molar-refractivity contribution is 9.10. The highest BCUT2D eigenvalue weighted by Crippen LogP contribution is 2.27. The number of carbonyl (C=O) groups is 1. The van der Waals surface area contributed by atoms with Crippen LogP contribution in [0.15, 0.2) is 40.2 Å². The third-order valence-corrected chi connectivity index (χ3v) is 3.62. The van der Waals surface area contributed by atoms with Crippen molar-refractivity contribution in [2.24, 2.45) is 0 Å². The lowest BCUT2D eigenvalue weighted by molar-refractivity contribution is 0.0693. The van der Waals surface area contributed by atoms with Crippen molar-refractivity contribution in [3.8, 4) is 0 Å². The van der Waals surface area contributed by atoms with E-state index < -0.39 is 5.97 Å². The second-order valence-electron chi connectivity index (χ2n) is 3.22. The van der Waals surface area contributed by atoms with Gasteiger partial charge in [-0.2, -0.15) is 0 Å². The molecule has 0 aliphatic carbocycles. The van der Waals surface area contributed by atoms with Crippen molar-refractivity contribution < 1.29 is 9.90 Å². The van der Waals surface area contributed by atoms with Crippen molar-refractivity contribution in [3.63, 3.8) is 0 Å². The number of rotatable bonds is 6. The summed E-state index contributed by atoms with van der Waals surface area (Å²) in [5.41, 5.74) is 0.367. The maximum atomic E-state index is 11.0. The first-order valence-corrected chi connectivity index (χ1v) is 6.69. The molecule has 86 valence electrons. The van der Waals surface area contributed by atoms with Gasteiger partial charge in [0.05, 0.1) is 5.56 Å². The number of allylic oxidation sites excluding steroid dienone is 1. The molecule has 0 heterocycles. The first-order chi connectivity index (χ1) is 7.65. The minimum absolute atomic E-state index is 0.367. The number of carboxylic acids is 1. The van der Waals surface area contributed by atoms with Gasteiger partial charge < -0.3 is 5.11 Å². The Morgan fingerprint density at radius 1 is 1.56 bits per heavy atom. The van der Waals surface area contributed by atoms with Gasteiger partial charge in [-0.1, -0.05) is 22.0 Å². The molecule has 0 amide bonds. The molecule has 0 aliphatic rings. The molecule has 0 radical (unpaired) electrons. The normalized spacial score (nSPS) is 10.1. The van der Waals surface area contributed by atoms with Gasteiger partial charge in [-0.05, 0) is 36.8 Å². The minimum atomic E-state index is -0.876. The van der Waals surface area contributed by atoms with Gasteiger partial charge >= 0.3 is 5.97 Å². The van der Waals surface area contributed by atoms with Crippen LogP contribution >= 0.6 is 27.7 Å². The van der Waals surface area contributed by atoms with Crippen LogP contribution in [-0.2, 0) is 0 Å². The van der Waals surface area contributed by atoms with E-state index in [1.807, 2.05) is 12.1 Å². The van der Waals surface area contributed by atoms with E-state index in [4.69, 9.17) is 5.11 Å². The van der Waals surface area contributed by atoms with Crippen molar-refractivity contribution >= 4 is 33.7 Å². The van der Waals surface area contributed by atoms with Crippen LogP contribution in [0.1, 0.15) is 23.2 Å². The lowest BCUT2D eigenvalue weighted by Crippen LogP contribution is -1.98. The Kier molecular flexibility index (Phi) is 5.63. The molecule has 0 bridgehead atoms. The first kappa shape index (κ1) is 13.3. The number of halogens is 1. The third kappa shape index (κ3) is 4.02. The average Bonchev–Trinajstić information content (AvgIpc) is 2.24. The molecular formula is C12H13BrO2S. The SMILES string of the molecule is C=CCCCSc1cc(Br)ccc1C(=O)O. The predicted octanol–water partition coefficient (Wildman–Crippen LogP) is 4.21. The highest BCUT2D eigenvalue weighted by Gasteiger charge is 2.10. The van der Waals surface area contributed by atoms with Crippen molar-refractivity contribution in [2.45, 2.75) is 17.7 Å². The van der Waals surface area contributed by atoms with Crippen molar-refractivity contribution in [1.29, 1.82) is 0 Å². The van der Waals surface area contributed by atoms with Gasteiger partial charge in [-0.25, -0.2) is 4.79 Å². The Balaban J connectivity index is 2.72. The number of thioether (sulfide) groups is 1. The number of hydrogen-bond donors (Lipinski definition) is 1. The summed E-state index contributed by atoms with van der Waals surface area (Å²) in [5.74, 6) is 0.0293. The molecule has 0 fully saturated rings. The Morgan fingerprint density at radius 2 is 2.31 bits per heavy atom. The first-order valence-electron chi connectivity index (χ1n) is 4.91. The molecule has 1 aromatic carbocycles. The molecule has 0 saturated carbocycles. The zero-order valence-electron chi connectivity index (χ0n) is 8.78. The number of benzene rings is 1. The summed E-state index contributed by atoms with van der Waals surface area (Å²) in [7, 11) is 0. The number of aromatic carboxylic acids is 1. The minimum Gasteiger partial charge on any atom is -0.478 e. The summed E-state index contributed by atoms with van der Waals surface area (Å²) in [5, 5.41) is 9.01. The van der Waals surface area contributed by atoms with Gasteiger partial charge in [0.1, 0.15) is 0 Å². The van der Waals surface area contributed by atoms with Crippen molar-refractivity contribution in [3.05, 3.63) is 40.9 Å². The predicted molar refractivity (Wildman–Crippen MR) is 71.3 cm³/mol. The van der Waals surface area contributed by atoms with Crippen LogP contribution in [-0.4, -0.2) is 16.8 Å². The molecule has 0 unspecified atom stereocenters. The molecular weight excluding hydrogens is 288 g/mol. The molecule has 0 spiro atoms. The van der Waals surface area contributed by atoms with E-state index >= 15 is 0 Å². The summed E-state index contributed by atoms with van der Waals surface area (Å²) in [6.45, 7) is 3.65. The van der Waals surface area contributed by atoms with Crippen LogP contribution in [0.25, 0.3) is 0 Å². The van der Waals surface area contributed by atoms with Gasteiger partial charge in [-0.15, -0.1) is 18.3 Å². The van der Waals surface area contributed by atoms with E-state index in [0.29, 0.717) is 5.56 Å². The van der Waals surface area contributed by atoms with Crippen LogP contribution < -0.4 is 0 Å². The number of carboxylic acid groups (broad SMARTS) is 1. The Hall–Kier alpha value is -0.740. The smallest absolute Gasteiger partial charge is 0.336 e. The highest BCUT2D eigenvalue weighted by atomic mass is 79.9. The van der Waals surface area contributed by atoms with Gasteiger partial charge in [0.25, 0.3) is 0 Å². The maximum absolute atomic E-state index is 11.0. The van der Waals surface area contributed by atoms with Crippen LogP contribution in [0.3, 0.4) is 0 Å². The average molecular weight is 301 g/mol. The molecule has 0 saturated heterocycles. The molecule has 4 heteroatoms. The Bertz CT molecular complexity index is 391. The summed E-state index contributed by atoms with van der Waals surface area (Å²) >= 11 is 4.92. The largest absolute Gasteiger partial charge is 0.478 e. The molecule has 1 aromatic rings. The lowest BCUT2D eigenvalue weighted by Gasteiger charge is -2.05. The lowest BCUT2D eigenvalue weighted by atomic mass is 10.2. The topological polar surface area (TPSA) is 37.3 Å². The molecule has 2 nitrogen and oxygen atoms in total. The number of hydrogen-bond acceptors (Lipinski definition) is 2. The van der Waals surface area contributed by atoms with E-state index in [1.54, 1.807) is 23.9 Å². The fraction of sp³-hybridized carbons (Fsp3) is 0.250. The fourth-order valence-corrected chi connectivity index (χ4v) is 2.77. The molecule has 0 atom stereocenters. The van der Waals surface area contributed by atoms with Crippen molar-refractivity contribution in [1.82, 2.24) is 0 Å². The van der Waals surface area contributed by atoms with Crippen LogP contribution in [0.4, 0.5) is 0 Å². The summed E-state index contributed by atoms with van der Waals surface area (Å²) in [4.78, 5) is 11.8. The van der Waals surface area contributed by atoms with Crippen LogP contribution in [0.2, 0.25) is 0 Å². The second kappa shape index (κ2) is 6.76. The Morgan fingerprint density at radius 3 is 2.94 bits per heavy atom. The van der Waals surface area contributed by atoms with E-state index in [9.17, 15) is 4.79 Å². The van der Waals surface area contributed by atoms with E-state index in [2.05, 4.69) is 22.5 Å². The monoisotopic (exact) mass is 300 g/mol. The molecule has 0 aliphatic heterocycles. The van der Waals surface area contributed by atoms with Gasteiger partial charge in [0.2, 0.25) is 0 Å². The van der Waals surface area contributed by atoms with Gasteiger partial charge in [0, 0.05) is 9.37 Å². The third-order valence-electron chi connectivity index (χ3n) is 1.98. The molecule has 1 rings (SSSR count). The standard InChI is InChI=1S/C12H13BrO2S/c1-2-3-4-7-16-11-8-9(13)5-6-10(11)12(14)15/h2,5-6,8H,1,3-4,7H2,(H,14,15). The van der Waals surface area contributed by atoms with Crippen LogP contribution in [0.5, 0.6) is 0 Å². The number of unbranched alkanes of at least 4 members (excludes halogenated alkanes) is 1. The molecule has 16 heavy (non-hydrogen) atoms. The Labute approximate surface area is 108 Å². The van der Waals surface area contributed by atoms with Crippen LogP contribution in [0, 0.1) is 0 Å². The summed E-state index contributed by atoms with van der Waals surface area (Å²) in [6.07, 6.45) is 3.85. The summed E-state index contributed by atoms with van der Waals surface area (Å²) in [6, 6.07) is 5.22. The fourth-order valence-electron chi connectivity index (χ4n) is 1.20.